The van der Waals surface area contributed by atoms with E-state index in [0.717, 1.165) is 5.41 Å². The van der Waals surface area contributed by atoms with Crippen molar-refractivity contribution in [2.45, 2.75) is 13.0 Å². The molecule has 2 aromatic rings. The summed E-state index contributed by atoms with van der Waals surface area (Å²) in [5, 5.41) is 1.71. The number of carbonyl (C=O) groups is 1. The number of anilines is 1. The minimum absolute atomic E-state index is 0.160. The molecule has 0 saturated heterocycles. The van der Waals surface area contributed by atoms with Gasteiger partial charge in [0.05, 0.1) is 18.4 Å². The van der Waals surface area contributed by atoms with Gasteiger partial charge in [-0.2, -0.15) is 0 Å². The number of sulfone groups is 1. The minimum Gasteiger partial charge on any atom is -0.494 e. The van der Waals surface area contributed by atoms with E-state index >= 15 is 0 Å². The summed E-state index contributed by atoms with van der Waals surface area (Å²) in [7, 11) is -3.33. The lowest BCUT2D eigenvalue weighted by Gasteiger charge is -2.27. The molecule has 28 heavy (non-hydrogen) atoms. The summed E-state index contributed by atoms with van der Waals surface area (Å²) in [6.45, 7) is 2.17. The normalized spacial score (nSPS) is 17.3. The molecule has 8 heteroatoms. The summed E-state index contributed by atoms with van der Waals surface area (Å²) in [4.78, 5) is 14.3. The molecule has 6 nitrogen and oxygen atoms in total. The highest BCUT2D eigenvalue weighted by Crippen LogP contribution is 2.26. The molecule has 0 unspecified atom stereocenters. The molecule has 1 aliphatic heterocycles. The first-order valence-corrected chi connectivity index (χ1v) is 10.8. The van der Waals surface area contributed by atoms with Gasteiger partial charge in [-0.3, -0.25) is 4.79 Å². The summed E-state index contributed by atoms with van der Waals surface area (Å²) in [5.74, 6) is 0.655. The summed E-state index contributed by atoms with van der Waals surface area (Å²) < 4.78 is 34.7. The van der Waals surface area contributed by atoms with E-state index in [9.17, 15) is 13.2 Å². The van der Waals surface area contributed by atoms with Gasteiger partial charge >= 0.3 is 0 Å². The Hall–Kier alpha value is -2.51. The van der Waals surface area contributed by atoms with Gasteiger partial charge < -0.3 is 14.4 Å². The predicted octanol–water partition coefficient (Wildman–Crippen LogP) is 3.46. The van der Waals surface area contributed by atoms with Crippen LogP contribution in [0.1, 0.15) is 6.92 Å². The molecule has 0 aromatic heterocycles. The van der Waals surface area contributed by atoms with Crippen LogP contribution in [0.3, 0.4) is 0 Å². The average Bonchev–Trinajstić information content (AvgIpc) is 3.02. The SMILES string of the molecule is CCOc1ccc(N(C(=O)COc2ccc(Cl)cc2)[C@@H]2C=CS(=O)(=O)C2)cc1. The zero-order valence-electron chi connectivity index (χ0n) is 15.2. The Labute approximate surface area is 169 Å². The van der Waals surface area contributed by atoms with Crippen molar-refractivity contribution < 1.29 is 22.7 Å². The van der Waals surface area contributed by atoms with Crippen LogP contribution in [-0.4, -0.2) is 39.3 Å². The number of benzene rings is 2. The van der Waals surface area contributed by atoms with Gasteiger partial charge in [0, 0.05) is 16.1 Å². The molecule has 0 bridgehead atoms. The molecule has 0 radical (unpaired) electrons. The Bertz CT molecular complexity index is 955. The van der Waals surface area contributed by atoms with Gasteiger partial charge in [0.1, 0.15) is 11.5 Å². The first kappa shape index (κ1) is 20.2. The highest BCUT2D eigenvalue weighted by Gasteiger charge is 2.31. The molecule has 0 fully saturated rings. The third-order valence-corrected chi connectivity index (χ3v) is 5.74. The van der Waals surface area contributed by atoms with Crippen molar-refractivity contribution in [3.8, 4) is 11.5 Å². The highest BCUT2D eigenvalue weighted by atomic mass is 35.5. The summed E-state index contributed by atoms with van der Waals surface area (Å²) in [5.41, 5.74) is 0.569. The topological polar surface area (TPSA) is 72.9 Å². The lowest BCUT2D eigenvalue weighted by Crippen LogP contribution is -2.43. The Balaban J connectivity index is 1.80. The van der Waals surface area contributed by atoms with Gasteiger partial charge in [-0.1, -0.05) is 11.6 Å². The van der Waals surface area contributed by atoms with Gasteiger partial charge in [0.25, 0.3) is 5.91 Å². The van der Waals surface area contributed by atoms with Crippen molar-refractivity contribution >= 4 is 33.0 Å². The molecular formula is C20H20ClNO5S. The molecule has 1 amide bonds. The van der Waals surface area contributed by atoms with Crippen LogP contribution < -0.4 is 14.4 Å². The molecule has 1 atom stereocenters. The van der Waals surface area contributed by atoms with Crippen molar-refractivity contribution in [1.82, 2.24) is 0 Å². The fourth-order valence-corrected chi connectivity index (χ4v) is 4.25. The second-order valence-electron chi connectivity index (χ2n) is 6.16. The van der Waals surface area contributed by atoms with Crippen molar-refractivity contribution in [2.75, 3.05) is 23.9 Å². The maximum atomic E-state index is 12.9. The van der Waals surface area contributed by atoms with Crippen LogP contribution >= 0.6 is 11.6 Å². The first-order valence-electron chi connectivity index (χ1n) is 8.72. The van der Waals surface area contributed by atoms with E-state index in [2.05, 4.69) is 0 Å². The van der Waals surface area contributed by atoms with Crippen LogP contribution in [0.5, 0.6) is 11.5 Å². The van der Waals surface area contributed by atoms with E-state index in [0.29, 0.717) is 28.8 Å². The van der Waals surface area contributed by atoms with E-state index in [4.69, 9.17) is 21.1 Å². The maximum Gasteiger partial charge on any atom is 0.265 e. The van der Waals surface area contributed by atoms with Gasteiger partial charge in [-0.25, -0.2) is 8.42 Å². The quantitative estimate of drug-likeness (QED) is 0.684. The van der Waals surface area contributed by atoms with E-state index in [1.54, 1.807) is 48.5 Å². The monoisotopic (exact) mass is 421 g/mol. The van der Waals surface area contributed by atoms with Crippen LogP contribution in [0.25, 0.3) is 0 Å². The van der Waals surface area contributed by atoms with Gasteiger partial charge in [-0.15, -0.1) is 0 Å². The van der Waals surface area contributed by atoms with Crippen LogP contribution in [0.4, 0.5) is 5.69 Å². The third kappa shape index (κ3) is 5.05. The smallest absolute Gasteiger partial charge is 0.265 e. The second-order valence-corrected chi connectivity index (χ2v) is 8.53. The third-order valence-electron chi connectivity index (χ3n) is 4.11. The highest BCUT2D eigenvalue weighted by molar-refractivity contribution is 7.94. The number of amides is 1. The largest absolute Gasteiger partial charge is 0.494 e. The molecule has 0 aliphatic carbocycles. The Morgan fingerprint density at radius 2 is 1.68 bits per heavy atom. The molecule has 0 N–H and O–H groups in total. The Morgan fingerprint density at radius 1 is 1.07 bits per heavy atom. The maximum absolute atomic E-state index is 12.9. The molecular weight excluding hydrogens is 402 g/mol. The van der Waals surface area contributed by atoms with Crippen molar-refractivity contribution in [3.63, 3.8) is 0 Å². The number of hydrogen-bond acceptors (Lipinski definition) is 5. The summed E-state index contributed by atoms with van der Waals surface area (Å²) in [6.07, 6.45) is 1.52. The lowest BCUT2D eigenvalue weighted by molar-refractivity contribution is -0.120. The number of ether oxygens (including phenoxy) is 2. The van der Waals surface area contributed by atoms with Crippen LogP contribution in [0.15, 0.2) is 60.0 Å². The van der Waals surface area contributed by atoms with Gasteiger partial charge in [0.2, 0.25) is 0 Å². The molecule has 0 saturated carbocycles. The number of nitrogens with zero attached hydrogens (tertiary/aromatic N) is 1. The van der Waals surface area contributed by atoms with Crippen LogP contribution in [-0.2, 0) is 14.6 Å². The van der Waals surface area contributed by atoms with Crippen LogP contribution in [0.2, 0.25) is 5.02 Å². The lowest BCUT2D eigenvalue weighted by atomic mass is 10.2. The molecule has 0 spiro atoms. The van der Waals surface area contributed by atoms with Gasteiger partial charge in [0.15, 0.2) is 16.4 Å². The molecule has 1 aliphatic rings. The molecule has 3 rings (SSSR count). The predicted molar refractivity (Wildman–Crippen MR) is 109 cm³/mol. The second kappa shape index (κ2) is 8.67. The zero-order chi connectivity index (χ0) is 20.1. The van der Waals surface area contributed by atoms with E-state index in [-0.39, 0.29) is 18.3 Å². The number of rotatable bonds is 7. The standard InChI is InChI=1S/C20H20ClNO5S/c1-2-26-18-9-5-16(6-10-18)22(17-11-12-28(24,25)14-17)20(23)13-27-19-7-3-15(21)4-8-19/h3-12,17H,2,13-14H2,1H3/t17-/m1/s1. The number of carbonyl (C=O) groups excluding carboxylic acids is 1. The Kier molecular flexibility index (Phi) is 6.26. The van der Waals surface area contributed by atoms with Crippen molar-refractivity contribution in [3.05, 3.63) is 65.0 Å². The fraction of sp³-hybridized carbons (Fsp3) is 0.250. The summed E-state index contributed by atoms with van der Waals surface area (Å²) >= 11 is 5.85. The van der Waals surface area contributed by atoms with E-state index in [1.807, 2.05) is 6.92 Å². The van der Waals surface area contributed by atoms with Gasteiger partial charge in [-0.05, 0) is 61.5 Å². The zero-order valence-corrected chi connectivity index (χ0v) is 16.8. The van der Waals surface area contributed by atoms with Crippen molar-refractivity contribution in [2.24, 2.45) is 0 Å². The van der Waals surface area contributed by atoms with E-state index < -0.39 is 15.9 Å². The first-order chi connectivity index (χ1) is 13.4. The van der Waals surface area contributed by atoms with Crippen LogP contribution in [0, 0.1) is 0 Å². The number of halogens is 1. The fourth-order valence-electron chi connectivity index (χ4n) is 2.86. The molecule has 148 valence electrons. The van der Waals surface area contributed by atoms with E-state index in [1.165, 1.54) is 11.0 Å². The average molecular weight is 422 g/mol. The molecule has 1 heterocycles. The number of hydrogen-bond donors (Lipinski definition) is 0. The summed E-state index contributed by atoms with van der Waals surface area (Å²) in [6, 6.07) is 13.0. The Morgan fingerprint density at radius 3 is 2.25 bits per heavy atom. The molecule has 2 aromatic carbocycles. The minimum atomic E-state index is -3.33. The van der Waals surface area contributed by atoms with Crippen molar-refractivity contribution in [1.29, 1.82) is 0 Å².